The zero-order chi connectivity index (χ0) is 17.6. The van der Waals surface area contributed by atoms with Gasteiger partial charge in [0.25, 0.3) is 5.91 Å². The van der Waals surface area contributed by atoms with E-state index in [0.717, 1.165) is 41.1 Å². The number of fused-ring (bicyclic) bond motifs is 1. The molecule has 1 aliphatic carbocycles. The van der Waals surface area contributed by atoms with E-state index >= 15 is 0 Å². The fourth-order valence-corrected chi connectivity index (χ4v) is 3.06. The maximum atomic E-state index is 12.3. The highest BCUT2D eigenvalue weighted by atomic mass is 16.5. The van der Waals surface area contributed by atoms with Crippen molar-refractivity contribution in [2.45, 2.75) is 25.7 Å². The van der Waals surface area contributed by atoms with Gasteiger partial charge in [-0.15, -0.1) is 0 Å². The van der Waals surface area contributed by atoms with E-state index in [-0.39, 0.29) is 5.91 Å². The van der Waals surface area contributed by atoms with Gasteiger partial charge in [0.15, 0.2) is 5.65 Å². The molecule has 25 heavy (non-hydrogen) atoms. The number of benzene rings is 1. The number of ether oxygens (including phenoxy) is 1. The van der Waals surface area contributed by atoms with Gasteiger partial charge >= 0.3 is 0 Å². The molecule has 0 saturated heterocycles. The molecule has 2 heterocycles. The topological polar surface area (TPSA) is 95.1 Å². The number of rotatable bonds is 4. The summed E-state index contributed by atoms with van der Waals surface area (Å²) in [5.41, 5.74) is 5.94. The second-order valence-electron chi connectivity index (χ2n) is 6.24. The Morgan fingerprint density at radius 3 is 2.64 bits per heavy atom. The minimum Gasteiger partial charge on any atom is -0.497 e. The summed E-state index contributed by atoms with van der Waals surface area (Å²) in [7, 11) is 1.63. The van der Waals surface area contributed by atoms with Gasteiger partial charge in [-0.25, -0.2) is 15.5 Å². The first kappa shape index (κ1) is 15.6. The molecule has 0 radical (unpaired) electrons. The van der Waals surface area contributed by atoms with Crippen LogP contribution >= 0.6 is 0 Å². The van der Waals surface area contributed by atoms with Crippen LogP contribution < -0.4 is 16.0 Å². The lowest BCUT2D eigenvalue weighted by Crippen LogP contribution is -2.30. The number of aryl methyl sites for hydroxylation is 1. The van der Waals surface area contributed by atoms with Crippen LogP contribution in [-0.4, -0.2) is 27.8 Å². The zero-order valence-electron chi connectivity index (χ0n) is 14.1. The van der Waals surface area contributed by atoms with Crippen molar-refractivity contribution in [1.82, 2.24) is 20.2 Å². The lowest BCUT2D eigenvalue weighted by Gasteiger charge is -2.08. The van der Waals surface area contributed by atoms with Crippen LogP contribution in [0, 0.1) is 6.92 Å². The first-order chi connectivity index (χ1) is 12.1. The van der Waals surface area contributed by atoms with Gasteiger partial charge in [-0.3, -0.25) is 10.2 Å². The molecule has 1 fully saturated rings. The van der Waals surface area contributed by atoms with Crippen molar-refractivity contribution in [2.75, 3.05) is 7.11 Å². The van der Waals surface area contributed by atoms with Gasteiger partial charge < -0.3 is 4.74 Å². The summed E-state index contributed by atoms with van der Waals surface area (Å²) in [6.45, 7) is 1.87. The second kappa shape index (κ2) is 5.86. The van der Waals surface area contributed by atoms with E-state index in [1.54, 1.807) is 11.8 Å². The number of nitrogen functional groups attached to an aromatic ring is 1. The molecular formula is C18H19N5O2. The molecule has 0 bridgehead atoms. The van der Waals surface area contributed by atoms with Crippen molar-refractivity contribution < 1.29 is 9.53 Å². The molecular weight excluding hydrogens is 318 g/mol. The second-order valence-corrected chi connectivity index (χ2v) is 6.24. The Balaban J connectivity index is 1.95. The molecule has 128 valence electrons. The summed E-state index contributed by atoms with van der Waals surface area (Å²) >= 11 is 0. The average molecular weight is 337 g/mol. The summed E-state index contributed by atoms with van der Waals surface area (Å²) in [5, 5.41) is 5.33. The Morgan fingerprint density at radius 1 is 1.32 bits per heavy atom. The summed E-state index contributed by atoms with van der Waals surface area (Å²) in [6, 6.07) is 9.42. The number of nitrogens with two attached hydrogens (primary N) is 1. The van der Waals surface area contributed by atoms with Gasteiger partial charge in [-0.1, -0.05) is 0 Å². The minimum atomic E-state index is -0.327. The minimum absolute atomic E-state index is 0.327. The largest absolute Gasteiger partial charge is 0.497 e. The van der Waals surface area contributed by atoms with Crippen molar-refractivity contribution in [3.63, 3.8) is 0 Å². The highest BCUT2D eigenvalue weighted by Gasteiger charge is 2.28. The molecule has 0 aliphatic heterocycles. The molecule has 3 N–H and O–H groups in total. The van der Waals surface area contributed by atoms with Crippen LogP contribution in [0.2, 0.25) is 0 Å². The quantitative estimate of drug-likeness (QED) is 0.432. The Hall–Kier alpha value is -2.93. The number of carbonyl (C=O) groups is 1. The SMILES string of the molecule is COc1ccc(-n2nc(C)c3c(C(=O)NN)cc(C4CC4)nc32)cc1. The number of nitrogens with one attached hydrogen (secondary N) is 1. The third-order valence-corrected chi connectivity index (χ3v) is 4.52. The monoisotopic (exact) mass is 337 g/mol. The van der Waals surface area contributed by atoms with Crippen LogP contribution in [0.4, 0.5) is 0 Å². The van der Waals surface area contributed by atoms with Crippen LogP contribution in [0.3, 0.4) is 0 Å². The number of hydrogen-bond acceptors (Lipinski definition) is 5. The van der Waals surface area contributed by atoms with E-state index in [9.17, 15) is 4.79 Å². The Bertz CT molecular complexity index is 958. The van der Waals surface area contributed by atoms with Crippen molar-refractivity contribution >= 4 is 16.9 Å². The smallest absolute Gasteiger partial charge is 0.266 e. The van der Waals surface area contributed by atoms with Crippen molar-refractivity contribution in [1.29, 1.82) is 0 Å². The molecule has 3 aromatic rings. The van der Waals surface area contributed by atoms with E-state index in [4.69, 9.17) is 15.6 Å². The van der Waals surface area contributed by atoms with Gasteiger partial charge in [0, 0.05) is 11.6 Å². The summed E-state index contributed by atoms with van der Waals surface area (Å²) < 4.78 is 6.98. The van der Waals surface area contributed by atoms with Gasteiger partial charge in [0.05, 0.1) is 29.4 Å². The summed E-state index contributed by atoms with van der Waals surface area (Å²) in [6.07, 6.45) is 2.19. The number of hydrogen-bond donors (Lipinski definition) is 2. The first-order valence-electron chi connectivity index (χ1n) is 8.18. The van der Waals surface area contributed by atoms with Gasteiger partial charge in [-0.2, -0.15) is 5.10 Å². The fraction of sp³-hybridized carbons (Fsp3) is 0.278. The van der Waals surface area contributed by atoms with Gasteiger partial charge in [-0.05, 0) is 50.1 Å². The molecule has 7 nitrogen and oxygen atoms in total. The molecule has 0 atom stereocenters. The molecule has 0 unspecified atom stereocenters. The van der Waals surface area contributed by atoms with Crippen LogP contribution in [0.25, 0.3) is 16.7 Å². The Morgan fingerprint density at radius 2 is 2.04 bits per heavy atom. The lowest BCUT2D eigenvalue weighted by atomic mass is 10.1. The predicted octanol–water partition coefficient (Wildman–Crippen LogP) is 2.22. The molecule has 1 aliphatic rings. The Labute approximate surface area is 144 Å². The van der Waals surface area contributed by atoms with Gasteiger partial charge in [0.1, 0.15) is 5.75 Å². The number of methoxy groups -OCH3 is 1. The number of aromatic nitrogens is 3. The molecule has 1 aromatic carbocycles. The maximum Gasteiger partial charge on any atom is 0.266 e. The van der Waals surface area contributed by atoms with Crippen LogP contribution in [0.5, 0.6) is 5.75 Å². The van der Waals surface area contributed by atoms with E-state index in [1.165, 1.54) is 0 Å². The van der Waals surface area contributed by atoms with Crippen molar-refractivity contribution in [2.24, 2.45) is 5.84 Å². The molecule has 7 heteroatoms. The zero-order valence-corrected chi connectivity index (χ0v) is 14.1. The third kappa shape index (κ3) is 2.62. The van der Waals surface area contributed by atoms with Crippen LogP contribution in [-0.2, 0) is 0 Å². The van der Waals surface area contributed by atoms with Crippen LogP contribution in [0.15, 0.2) is 30.3 Å². The van der Waals surface area contributed by atoms with Gasteiger partial charge in [0.2, 0.25) is 0 Å². The molecule has 1 amide bonds. The highest BCUT2D eigenvalue weighted by molar-refractivity contribution is 6.06. The number of amides is 1. The number of nitrogens with zero attached hydrogens (tertiary/aromatic N) is 3. The lowest BCUT2D eigenvalue weighted by molar-refractivity contribution is 0.0955. The van der Waals surface area contributed by atoms with Crippen LogP contribution in [0.1, 0.15) is 40.5 Å². The van der Waals surface area contributed by atoms with E-state index < -0.39 is 0 Å². The summed E-state index contributed by atoms with van der Waals surface area (Å²) in [4.78, 5) is 17.1. The fourth-order valence-electron chi connectivity index (χ4n) is 3.06. The van der Waals surface area contributed by atoms with Crippen molar-refractivity contribution in [3.05, 3.63) is 47.3 Å². The molecule has 4 rings (SSSR count). The average Bonchev–Trinajstić information content (AvgIpc) is 3.45. The molecule has 0 spiro atoms. The predicted molar refractivity (Wildman–Crippen MR) is 93.8 cm³/mol. The maximum absolute atomic E-state index is 12.3. The number of pyridine rings is 1. The summed E-state index contributed by atoms with van der Waals surface area (Å²) in [5.74, 6) is 6.23. The third-order valence-electron chi connectivity index (χ3n) is 4.52. The highest BCUT2D eigenvalue weighted by Crippen LogP contribution is 2.40. The van der Waals surface area contributed by atoms with E-state index in [1.807, 2.05) is 37.3 Å². The standard InChI is InChI=1S/C18H19N5O2/c1-10-16-14(18(24)21-19)9-15(11-3-4-11)20-17(16)23(22-10)12-5-7-13(25-2)8-6-12/h5-9,11H,3-4,19H2,1-2H3,(H,21,24). The van der Waals surface area contributed by atoms with E-state index in [0.29, 0.717) is 17.1 Å². The van der Waals surface area contributed by atoms with Crippen molar-refractivity contribution in [3.8, 4) is 11.4 Å². The first-order valence-corrected chi connectivity index (χ1v) is 8.18. The Kier molecular flexibility index (Phi) is 3.65. The normalized spacial score (nSPS) is 13.9. The molecule has 1 saturated carbocycles. The number of hydrazine groups is 1. The number of carbonyl (C=O) groups excluding carboxylic acids is 1. The molecule has 2 aromatic heterocycles. The van der Waals surface area contributed by atoms with E-state index in [2.05, 4.69) is 10.5 Å².